The van der Waals surface area contributed by atoms with E-state index in [4.69, 9.17) is 9.47 Å². The van der Waals surface area contributed by atoms with Gasteiger partial charge in [0.25, 0.3) is 0 Å². The van der Waals surface area contributed by atoms with Crippen molar-refractivity contribution in [2.24, 2.45) is 0 Å². The van der Waals surface area contributed by atoms with Gasteiger partial charge in [-0.25, -0.2) is 4.98 Å². The Morgan fingerprint density at radius 1 is 1.26 bits per heavy atom. The summed E-state index contributed by atoms with van der Waals surface area (Å²) in [6, 6.07) is 2.63. The molecular formula is C12H12BrN3O6S. The average Bonchev–Trinajstić information content (AvgIpc) is 2.89. The summed E-state index contributed by atoms with van der Waals surface area (Å²) < 4.78 is 36.9. The topological polar surface area (TPSA) is 114 Å². The number of ether oxygens (including phenoxy) is 2. The lowest BCUT2D eigenvalue weighted by molar-refractivity contribution is -0.390. The number of hydrogen-bond donors (Lipinski definition) is 0. The minimum Gasteiger partial charge on any atom is -0.496 e. The molecule has 23 heavy (non-hydrogen) atoms. The van der Waals surface area contributed by atoms with Crippen LogP contribution in [0.1, 0.15) is 5.82 Å². The van der Waals surface area contributed by atoms with Crippen molar-refractivity contribution >= 4 is 31.8 Å². The van der Waals surface area contributed by atoms with Crippen molar-refractivity contribution in [1.82, 2.24) is 8.96 Å². The number of nitro groups is 1. The van der Waals surface area contributed by atoms with Crippen LogP contribution in [-0.4, -0.2) is 36.5 Å². The molecule has 0 aliphatic carbocycles. The second-order valence-corrected chi connectivity index (χ2v) is 6.94. The maximum absolute atomic E-state index is 12.9. The lowest BCUT2D eigenvalue weighted by Gasteiger charge is -2.12. The van der Waals surface area contributed by atoms with Gasteiger partial charge in [-0.05, 0) is 26.9 Å². The van der Waals surface area contributed by atoms with Crippen molar-refractivity contribution in [3.8, 4) is 11.5 Å². The molecule has 0 fully saturated rings. The van der Waals surface area contributed by atoms with E-state index in [9.17, 15) is 18.5 Å². The third kappa shape index (κ3) is 2.88. The highest BCUT2D eigenvalue weighted by Crippen LogP contribution is 2.37. The Labute approximate surface area is 140 Å². The van der Waals surface area contributed by atoms with Gasteiger partial charge in [-0.3, -0.25) is 0 Å². The van der Waals surface area contributed by atoms with Gasteiger partial charge < -0.3 is 19.6 Å². The molecule has 1 aromatic heterocycles. The van der Waals surface area contributed by atoms with Crippen LogP contribution in [0.5, 0.6) is 11.5 Å². The molecular weight excluding hydrogens is 394 g/mol. The van der Waals surface area contributed by atoms with Crippen LogP contribution in [-0.2, 0) is 10.0 Å². The maximum atomic E-state index is 12.9. The van der Waals surface area contributed by atoms with E-state index in [0.29, 0.717) is 8.45 Å². The smallest absolute Gasteiger partial charge is 0.358 e. The first-order valence-corrected chi connectivity index (χ1v) is 8.33. The molecule has 9 nitrogen and oxygen atoms in total. The molecule has 0 aliphatic heterocycles. The molecule has 1 heterocycles. The minimum absolute atomic E-state index is 0.0140. The number of benzene rings is 1. The molecule has 11 heteroatoms. The molecule has 1 aromatic carbocycles. The number of rotatable bonds is 5. The van der Waals surface area contributed by atoms with E-state index in [1.54, 1.807) is 0 Å². The number of halogens is 1. The number of nitrogens with zero attached hydrogens (tertiary/aromatic N) is 3. The van der Waals surface area contributed by atoms with Gasteiger partial charge in [-0.15, -0.1) is 0 Å². The van der Waals surface area contributed by atoms with Gasteiger partial charge in [0.1, 0.15) is 17.7 Å². The summed E-state index contributed by atoms with van der Waals surface area (Å²) in [5.74, 6) is -0.447. The zero-order chi connectivity index (χ0) is 17.4. The summed E-state index contributed by atoms with van der Waals surface area (Å²) in [4.78, 5) is 13.7. The Kier molecular flexibility index (Phi) is 4.61. The molecule has 0 N–H and O–H groups in total. The number of hydrogen-bond acceptors (Lipinski definition) is 7. The Morgan fingerprint density at radius 2 is 1.87 bits per heavy atom. The molecule has 2 rings (SSSR count). The van der Waals surface area contributed by atoms with Crippen LogP contribution < -0.4 is 9.47 Å². The van der Waals surface area contributed by atoms with E-state index in [-0.39, 0.29) is 22.2 Å². The van der Waals surface area contributed by atoms with Gasteiger partial charge in [0.2, 0.25) is 5.82 Å². The zero-order valence-electron chi connectivity index (χ0n) is 12.3. The van der Waals surface area contributed by atoms with E-state index in [2.05, 4.69) is 20.9 Å². The monoisotopic (exact) mass is 405 g/mol. The number of methoxy groups -OCH3 is 2. The molecule has 0 spiro atoms. The quantitative estimate of drug-likeness (QED) is 0.552. The predicted molar refractivity (Wildman–Crippen MR) is 83.4 cm³/mol. The van der Waals surface area contributed by atoms with Crippen molar-refractivity contribution in [3.05, 3.63) is 38.7 Å². The minimum atomic E-state index is -4.31. The van der Waals surface area contributed by atoms with Crippen LogP contribution in [0.4, 0.5) is 5.82 Å². The molecule has 0 unspecified atom stereocenters. The maximum Gasteiger partial charge on any atom is 0.358 e. The molecule has 0 atom stereocenters. The first kappa shape index (κ1) is 17.2. The number of aryl methyl sites for hydroxylation is 1. The van der Waals surface area contributed by atoms with Gasteiger partial charge in [-0.2, -0.15) is 8.42 Å². The van der Waals surface area contributed by atoms with Crippen LogP contribution in [0.2, 0.25) is 0 Å². The van der Waals surface area contributed by atoms with E-state index in [1.807, 2.05) is 0 Å². The molecule has 2 aromatic rings. The summed E-state index contributed by atoms with van der Waals surface area (Å²) in [6.45, 7) is 1.35. The largest absolute Gasteiger partial charge is 0.496 e. The van der Waals surface area contributed by atoms with Gasteiger partial charge >= 0.3 is 15.8 Å². The van der Waals surface area contributed by atoms with E-state index in [1.165, 1.54) is 33.3 Å². The Hall–Kier alpha value is -2.14. The molecule has 0 saturated carbocycles. The first-order chi connectivity index (χ1) is 10.7. The standard InChI is InChI=1S/C12H12BrN3O6S/c1-7-14-6-12(16(17)18)15(7)23(19,20)11-5-9(21-2)8(13)4-10(11)22-3/h4-6H,1-3H3. The van der Waals surface area contributed by atoms with Crippen molar-refractivity contribution in [2.75, 3.05) is 14.2 Å². The van der Waals surface area contributed by atoms with Crippen molar-refractivity contribution in [3.63, 3.8) is 0 Å². The van der Waals surface area contributed by atoms with E-state index in [0.717, 1.165) is 6.20 Å². The SMILES string of the molecule is COc1cc(S(=O)(=O)n2c([N+](=O)[O-])cnc2C)c(OC)cc1Br. The molecule has 0 aliphatic rings. The highest BCUT2D eigenvalue weighted by atomic mass is 79.9. The molecule has 0 amide bonds. The van der Waals surface area contributed by atoms with Crippen LogP contribution in [0.25, 0.3) is 0 Å². The molecule has 124 valence electrons. The summed E-state index contributed by atoms with van der Waals surface area (Å²) in [5.41, 5.74) is 0. The summed E-state index contributed by atoms with van der Waals surface area (Å²) in [5, 5.41) is 11.1. The zero-order valence-corrected chi connectivity index (χ0v) is 14.7. The normalized spacial score (nSPS) is 11.3. The Morgan fingerprint density at radius 3 is 2.39 bits per heavy atom. The van der Waals surface area contributed by atoms with Crippen molar-refractivity contribution in [2.45, 2.75) is 11.8 Å². The lowest BCUT2D eigenvalue weighted by Crippen LogP contribution is -2.17. The molecule has 0 bridgehead atoms. The van der Waals surface area contributed by atoms with Crippen molar-refractivity contribution < 1.29 is 22.8 Å². The number of imidazole rings is 1. The fourth-order valence-corrected chi connectivity index (χ4v) is 4.06. The fourth-order valence-electron chi connectivity index (χ4n) is 1.97. The second kappa shape index (κ2) is 6.16. The third-order valence-electron chi connectivity index (χ3n) is 3.01. The first-order valence-electron chi connectivity index (χ1n) is 6.09. The number of aromatic nitrogens is 2. The average molecular weight is 406 g/mol. The third-order valence-corrected chi connectivity index (χ3v) is 5.44. The highest BCUT2D eigenvalue weighted by Gasteiger charge is 2.34. The molecule has 0 saturated heterocycles. The Balaban J connectivity index is 2.80. The van der Waals surface area contributed by atoms with Gasteiger partial charge in [0, 0.05) is 13.0 Å². The fraction of sp³-hybridized carbons (Fsp3) is 0.250. The van der Waals surface area contributed by atoms with Crippen molar-refractivity contribution in [1.29, 1.82) is 0 Å². The van der Waals surface area contributed by atoms with Gasteiger partial charge in [-0.1, -0.05) is 3.97 Å². The second-order valence-electron chi connectivity index (χ2n) is 4.33. The van der Waals surface area contributed by atoms with Crippen LogP contribution >= 0.6 is 15.9 Å². The van der Waals surface area contributed by atoms with Crippen LogP contribution in [0.15, 0.2) is 27.7 Å². The predicted octanol–water partition coefficient (Wildman–Crippen LogP) is 2.12. The van der Waals surface area contributed by atoms with Gasteiger partial charge in [0.15, 0.2) is 4.90 Å². The molecule has 0 radical (unpaired) electrons. The lowest BCUT2D eigenvalue weighted by atomic mass is 10.3. The summed E-state index contributed by atoms with van der Waals surface area (Å²) in [6.07, 6.45) is 0.884. The summed E-state index contributed by atoms with van der Waals surface area (Å²) >= 11 is 3.22. The highest BCUT2D eigenvalue weighted by molar-refractivity contribution is 9.10. The van der Waals surface area contributed by atoms with Crippen LogP contribution in [0, 0.1) is 17.0 Å². The summed E-state index contributed by atoms with van der Waals surface area (Å²) in [7, 11) is -1.64. The van der Waals surface area contributed by atoms with E-state index >= 15 is 0 Å². The van der Waals surface area contributed by atoms with E-state index < -0.39 is 20.8 Å². The van der Waals surface area contributed by atoms with Crippen LogP contribution in [0.3, 0.4) is 0 Å². The van der Waals surface area contributed by atoms with Gasteiger partial charge in [0.05, 0.1) is 18.7 Å². The Bertz CT molecular complexity index is 877.